The second kappa shape index (κ2) is 16.4. The molecule has 0 spiro atoms. The lowest BCUT2D eigenvalue weighted by Crippen LogP contribution is -2.55. The summed E-state index contributed by atoms with van der Waals surface area (Å²) >= 11 is 19.1. The fourth-order valence-corrected chi connectivity index (χ4v) is 8.11. The lowest BCUT2D eigenvalue weighted by atomic mass is 9.94. The van der Waals surface area contributed by atoms with E-state index in [1.807, 2.05) is 37.3 Å². The Balaban J connectivity index is 1.60. The van der Waals surface area contributed by atoms with Gasteiger partial charge in [-0.2, -0.15) is 0 Å². The highest BCUT2D eigenvalue weighted by atomic mass is 35.5. The summed E-state index contributed by atoms with van der Waals surface area (Å²) in [6, 6.07) is 24.9. The highest BCUT2D eigenvalue weighted by Gasteiger charge is 2.36. The molecule has 0 bridgehead atoms. The van der Waals surface area contributed by atoms with E-state index in [-0.39, 0.29) is 35.5 Å². The lowest BCUT2D eigenvalue weighted by molar-refractivity contribution is -0.140. The Hall–Kier alpha value is -3.56. The average molecular weight is 741 g/mol. The van der Waals surface area contributed by atoms with Crippen LogP contribution in [0.3, 0.4) is 0 Å². The van der Waals surface area contributed by atoms with Gasteiger partial charge in [-0.1, -0.05) is 114 Å². The Morgan fingerprint density at radius 3 is 2.16 bits per heavy atom. The number of nitrogens with one attached hydrogen (secondary N) is 1. The van der Waals surface area contributed by atoms with Crippen LogP contribution in [-0.4, -0.2) is 43.8 Å². The van der Waals surface area contributed by atoms with Crippen LogP contribution in [0.15, 0.2) is 95.9 Å². The molecule has 1 saturated carbocycles. The molecule has 0 aliphatic heterocycles. The number of anilines is 1. The number of benzene rings is 4. The topological polar surface area (TPSA) is 86.8 Å². The lowest BCUT2D eigenvalue weighted by Gasteiger charge is -2.35. The predicted octanol–water partition coefficient (Wildman–Crippen LogP) is 8.55. The van der Waals surface area contributed by atoms with Gasteiger partial charge >= 0.3 is 0 Å². The smallest absolute Gasteiger partial charge is 0.264 e. The molecule has 1 aliphatic carbocycles. The number of amides is 2. The van der Waals surface area contributed by atoms with Crippen LogP contribution in [0.1, 0.15) is 54.4 Å². The number of hydrogen-bond acceptors (Lipinski definition) is 4. The molecule has 4 aromatic carbocycles. The first-order valence-corrected chi connectivity index (χ1v) is 18.9. The van der Waals surface area contributed by atoms with E-state index in [9.17, 15) is 18.0 Å². The number of halogens is 3. The van der Waals surface area contributed by atoms with Crippen molar-refractivity contribution in [1.29, 1.82) is 0 Å². The van der Waals surface area contributed by atoms with Gasteiger partial charge in [-0.15, -0.1) is 0 Å². The standard InChI is InChI=1S/C38H40Cl3N3O4S/c1-26-16-19-31(20-17-26)49(47,48)44(35-15-9-14-32(39)27(35)2)25-37(45)43(24-29-18-21-33(40)34(41)22-29)36(23-28-10-5-3-6-11-28)38(46)42-30-12-7-4-8-13-30/h3,5-6,9-11,14-22,30,36H,4,7-8,12-13,23-25H2,1-2H3,(H,42,46)/t36-/m0/s1. The molecule has 1 N–H and O–H groups in total. The minimum absolute atomic E-state index is 0.00558. The molecule has 7 nitrogen and oxygen atoms in total. The van der Waals surface area contributed by atoms with Gasteiger partial charge in [-0.25, -0.2) is 8.42 Å². The number of hydrogen-bond donors (Lipinski definition) is 1. The Morgan fingerprint density at radius 1 is 0.796 bits per heavy atom. The summed E-state index contributed by atoms with van der Waals surface area (Å²) < 4.78 is 29.8. The molecule has 49 heavy (non-hydrogen) atoms. The molecule has 258 valence electrons. The zero-order chi connectivity index (χ0) is 35.1. The van der Waals surface area contributed by atoms with Gasteiger partial charge in [0.1, 0.15) is 12.6 Å². The highest BCUT2D eigenvalue weighted by molar-refractivity contribution is 7.92. The molecular formula is C38H40Cl3N3O4S. The molecule has 0 aromatic heterocycles. The number of carbonyl (C=O) groups excluding carboxylic acids is 2. The van der Waals surface area contributed by atoms with Crippen LogP contribution in [0.4, 0.5) is 5.69 Å². The number of sulfonamides is 1. The van der Waals surface area contributed by atoms with Crippen LogP contribution in [-0.2, 0) is 32.6 Å². The molecule has 1 atom stereocenters. The van der Waals surface area contributed by atoms with Crippen LogP contribution < -0.4 is 9.62 Å². The van der Waals surface area contributed by atoms with E-state index in [0.717, 1.165) is 47.5 Å². The quantitative estimate of drug-likeness (QED) is 0.158. The fraction of sp³-hybridized carbons (Fsp3) is 0.316. The molecule has 11 heteroatoms. The Kier molecular flexibility index (Phi) is 12.3. The SMILES string of the molecule is Cc1ccc(S(=O)(=O)N(CC(=O)N(Cc2ccc(Cl)c(Cl)c2)[C@@H](Cc2ccccc2)C(=O)NC2CCCCC2)c2cccc(Cl)c2C)cc1. The van der Waals surface area contributed by atoms with Gasteiger partial charge in [0.05, 0.1) is 20.6 Å². The van der Waals surface area contributed by atoms with E-state index >= 15 is 0 Å². The third-order valence-electron chi connectivity index (χ3n) is 8.96. The molecule has 0 radical (unpaired) electrons. The maximum Gasteiger partial charge on any atom is 0.264 e. The van der Waals surface area contributed by atoms with Crippen molar-refractivity contribution in [3.8, 4) is 0 Å². The van der Waals surface area contributed by atoms with Crippen LogP contribution in [0.5, 0.6) is 0 Å². The van der Waals surface area contributed by atoms with Crippen molar-refractivity contribution in [3.63, 3.8) is 0 Å². The summed E-state index contributed by atoms with van der Waals surface area (Å²) in [6.45, 7) is 2.98. The van der Waals surface area contributed by atoms with Crippen molar-refractivity contribution >= 4 is 62.3 Å². The molecule has 1 fully saturated rings. The maximum absolute atomic E-state index is 14.8. The van der Waals surface area contributed by atoms with Crippen molar-refractivity contribution in [2.24, 2.45) is 0 Å². The molecule has 4 aromatic rings. The third-order valence-corrected chi connectivity index (χ3v) is 11.9. The van der Waals surface area contributed by atoms with Gasteiger partial charge in [0.15, 0.2) is 0 Å². The van der Waals surface area contributed by atoms with Crippen molar-refractivity contribution in [3.05, 3.63) is 128 Å². The molecule has 1 aliphatic rings. The van der Waals surface area contributed by atoms with Crippen LogP contribution in [0.25, 0.3) is 0 Å². The largest absolute Gasteiger partial charge is 0.352 e. The summed E-state index contributed by atoms with van der Waals surface area (Å²) in [5.74, 6) is -0.864. The zero-order valence-corrected chi connectivity index (χ0v) is 30.6. The van der Waals surface area contributed by atoms with E-state index in [0.29, 0.717) is 26.2 Å². The van der Waals surface area contributed by atoms with E-state index in [4.69, 9.17) is 34.8 Å². The number of nitrogens with zero attached hydrogens (tertiary/aromatic N) is 2. The van der Waals surface area contributed by atoms with Crippen molar-refractivity contribution in [2.75, 3.05) is 10.8 Å². The van der Waals surface area contributed by atoms with Gasteiger partial charge < -0.3 is 10.2 Å². The summed E-state index contributed by atoms with van der Waals surface area (Å²) in [4.78, 5) is 30.5. The molecule has 0 saturated heterocycles. The van der Waals surface area contributed by atoms with E-state index in [1.165, 1.54) is 17.0 Å². The van der Waals surface area contributed by atoms with Crippen LogP contribution in [0.2, 0.25) is 15.1 Å². The minimum Gasteiger partial charge on any atom is -0.352 e. The summed E-state index contributed by atoms with van der Waals surface area (Å²) in [6.07, 6.45) is 5.10. The van der Waals surface area contributed by atoms with Gasteiger partial charge in [0, 0.05) is 24.0 Å². The third kappa shape index (κ3) is 9.17. The number of carbonyl (C=O) groups is 2. The van der Waals surface area contributed by atoms with Crippen molar-refractivity contribution in [1.82, 2.24) is 10.2 Å². The van der Waals surface area contributed by atoms with E-state index in [2.05, 4.69) is 5.32 Å². The molecule has 0 unspecified atom stereocenters. The maximum atomic E-state index is 14.8. The number of aryl methyl sites for hydroxylation is 1. The molecule has 0 heterocycles. The minimum atomic E-state index is -4.26. The normalized spacial score (nSPS) is 14.2. The van der Waals surface area contributed by atoms with Gasteiger partial charge in [0.2, 0.25) is 11.8 Å². The predicted molar refractivity (Wildman–Crippen MR) is 198 cm³/mol. The first-order valence-electron chi connectivity index (χ1n) is 16.4. The molecule has 5 rings (SSSR count). The Labute approximate surface area is 304 Å². The van der Waals surface area contributed by atoms with E-state index < -0.39 is 28.5 Å². The molecular weight excluding hydrogens is 701 g/mol. The average Bonchev–Trinajstić information content (AvgIpc) is 3.09. The highest BCUT2D eigenvalue weighted by Crippen LogP contribution is 2.32. The zero-order valence-electron chi connectivity index (χ0n) is 27.5. The first-order chi connectivity index (χ1) is 23.4. The van der Waals surface area contributed by atoms with Gasteiger partial charge in [-0.3, -0.25) is 13.9 Å². The van der Waals surface area contributed by atoms with Gasteiger partial charge in [0.25, 0.3) is 10.0 Å². The van der Waals surface area contributed by atoms with Crippen LogP contribution in [0, 0.1) is 13.8 Å². The van der Waals surface area contributed by atoms with Crippen molar-refractivity contribution < 1.29 is 18.0 Å². The second-order valence-corrected chi connectivity index (χ2v) is 15.6. The Bertz CT molecular complexity index is 1880. The monoisotopic (exact) mass is 739 g/mol. The first kappa shape index (κ1) is 36.7. The Morgan fingerprint density at radius 2 is 1.49 bits per heavy atom. The van der Waals surface area contributed by atoms with Gasteiger partial charge in [-0.05, 0) is 79.8 Å². The fourth-order valence-electron chi connectivity index (χ4n) is 6.15. The number of rotatable bonds is 12. The van der Waals surface area contributed by atoms with Crippen molar-refractivity contribution in [2.45, 2.75) is 75.9 Å². The summed E-state index contributed by atoms with van der Waals surface area (Å²) in [5.41, 5.74) is 3.15. The molecule has 2 amide bonds. The van der Waals surface area contributed by atoms with Crippen LogP contribution >= 0.6 is 34.8 Å². The summed E-state index contributed by atoms with van der Waals surface area (Å²) in [7, 11) is -4.26. The summed E-state index contributed by atoms with van der Waals surface area (Å²) in [5, 5.41) is 4.23. The van der Waals surface area contributed by atoms with E-state index in [1.54, 1.807) is 55.5 Å². The second-order valence-electron chi connectivity index (χ2n) is 12.5.